The summed E-state index contributed by atoms with van der Waals surface area (Å²) in [4.78, 5) is 0. The van der Waals surface area contributed by atoms with Gasteiger partial charge in [0.2, 0.25) is 0 Å². The fourth-order valence-electron chi connectivity index (χ4n) is 0.301. The zero-order valence-corrected chi connectivity index (χ0v) is 4.92. The summed E-state index contributed by atoms with van der Waals surface area (Å²) in [5, 5.41) is 8.44. The van der Waals surface area contributed by atoms with Crippen LogP contribution in [0.25, 0.3) is 0 Å². The summed E-state index contributed by atoms with van der Waals surface area (Å²) in [5.41, 5.74) is 0.688. The van der Waals surface area contributed by atoms with Crippen molar-refractivity contribution in [3.05, 3.63) is 24.5 Å². The van der Waals surface area contributed by atoms with Crippen molar-refractivity contribution in [1.82, 2.24) is 0 Å². The molecular weight excluding hydrogens is 104 g/mol. The van der Waals surface area contributed by atoms with E-state index in [1.54, 1.807) is 6.08 Å². The number of rotatable bonds is 3. The highest BCUT2D eigenvalue weighted by atomic mass is 16.5. The van der Waals surface area contributed by atoms with E-state index < -0.39 is 0 Å². The highest BCUT2D eigenvalue weighted by Gasteiger charge is 1.83. The second kappa shape index (κ2) is 4.40. The van der Waals surface area contributed by atoms with E-state index in [0.29, 0.717) is 5.57 Å². The van der Waals surface area contributed by atoms with Crippen molar-refractivity contribution >= 4 is 0 Å². The van der Waals surface area contributed by atoms with Crippen molar-refractivity contribution in [2.75, 3.05) is 13.7 Å². The topological polar surface area (TPSA) is 29.5 Å². The number of aliphatic hydroxyl groups excluding tert-OH is 1. The van der Waals surface area contributed by atoms with Gasteiger partial charge in [-0.15, -0.1) is 0 Å². The summed E-state index contributed by atoms with van der Waals surface area (Å²) in [5.74, 6) is 0. The fourth-order valence-corrected chi connectivity index (χ4v) is 0.301. The largest absolute Gasteiger partial charge is 0.504 e. The van der Waals surface area contributed by atoms with Gasteiger partial charge in [-0.1, -0.05) is 12.7 Å². The van der Waals surface area contributed by atoms with Crippen LogP contribution in [0, 0.1) is 0 Å². The molecule has 0 heterocycles. The summed E-state index contributed by atoms with van der Waals surface area (Å²) < 4.78 is 4.59. The van der Waals surface area contributed by atoms with Crippen molar-refractivity contribution in [2.45, 2.75) is 0 Å². The average molecular weight is 114 g/mol. The molecule has 0 spiro atoms. The van der Waals surface area contributed by atoms with Gasteiger partial charge in [-0.25, -0.2) is 0 Å². The van der Waals surface area contributed by atoms with E-state index >= 15 is 0 Å². The second-order valence-corrected chi connectivity index (χ2v) is 1.29. The second-order valence-electron chi connectivity index (χ2n) is 1.29. The van der Waals surface area contributed by atoms with Crippen molar-refractivity contribution in [2.24, 2.45) is 0 Å². The Balaban J connectivity index is 3.66. The van der Waals surface area contributed by atoms with Crippen molar-refractivity contribution in [3.63, 3.8) is 0 Å². The molecule has 0 atom stereocenters. The van der Waals surface area contributed by atoms with Gasteiger partial charge in [0.25, 0.3) is 0 Å². The van der Waals surface area contributed by atoms with Crippen LogP contribution in [0.4, 0.5) is 0 Å². The molecular formula is C6H10O2. The molecule has 0 aromatic rings. The standard InChI is InChI=1S/C6H10O2/c1-3-6(4-7)5-8-2/h3,5,7H,1,4H2,2H3/b6-5+. The summed E-state index contributed by atoms with van der Waals surface area (Å²) in [6, 6.07) is 0. The third-order valence-electron chi connectivity index (χ3n) is 0.714. The third kappa shape index (κ3) is 2.42. The maximum absolute atomic E-state index is 8.44. The molecule has 0 radical (unpaired) electrons. The summed E-state index contributed by atoms with van der Waals surface area (Å²) in [7, 11) is 1.53. The molecule has 0 rings (SSSR count). The van der Waals surface area contributed by atoms with E-state index in [1.165, 1.54) is 13.4 Å². The molecule has 0 aliphatic rings. The molecule has 2 heteroatoms. The van der Waals surface area contributed by atoms with E-state index in [-0.39, 0.29) is 6.61 Å². The molecule has 2 nitrogen and oxygen atoms in total. The maximum atomic E-state index is 8.44. The zero-order chi connectivity index (χ0) is 6.41. The maximum Gasteiger partial charge on any atom is 0.0879 e. The smallest absolute Gasteiger partial charge is 0.0879 e. The number of hydrogen-bond acceptors (Lipinski definition) is 2. The van der Waals surface area contributed by atoms with Gasteiger partial charge in [0.05, 0.1) is 20.0 Å². The average Bonchev–Trinajstić information content (AvgIpc) is 1.83. The minimum absolute atomic E-state index is 0.0165. The van der Waals surface area contributed by atoms with Crippen LogP contribution < -0.4 is 0 Å². The molecule has 0 bridgehead atoms. The highest BCUT2D eigenvalue weighted by molar-refractivity contribution is 5.13. The molecule has 0 aromatic heterocycles. The Labute approximate surface area is 49.1 Å². The summed E-state index contributed by atoms with van der Waals surface area (Å²) in [6.07, 6.45) is 3.00. The molecule has 0 aliphatic carbocycles. The molecule has 8 heavy (non-hydrogen) atoms. The molecule has 0 saturated heterocycles. The lowest BCUT2D eigenvalue weighted by Crippen LogP contribution is -1.85. The van der Waals surface area contributed by atoms with Crippen LogP contribution in [-0.4, -0.2) is 18.8 Å². The number of aliphatic hydroxyl groups is 1. The van der Waals surface area contributed by atoms with Gasteiger partial charge in [0.15, 0.2) is 0 Å². The first kappa shape index (κ1) is 7.24. The van der Waals surface area contributed by atoms with Crippen LogP contribution in [0.3, 0.4) is 0 Å². The quantitative estimate of drug-likeness (QED) is 0.432. The number of hydrogen-bond donors (Lipinski definition) is 1. The molecule has 0 aromatic carbocycles. The Hall–Kier alpha value is -0.760. The summed E-state index contributed by atoms with van der Waals surface area (Å²) in [6.45, 7) is 3.43. The van der Waals surface area contributed by atoms with Gasteiger partial charge in [0.1, 0.15) is 0 Å². The van der Waals surface area contributed by atoms with E-state index in [4.69, 9.17) is 5.11 Å². The van der Waals surface area contributed by atoms with Crippen LogP contribution in [0.15, 0.2) is 24.5 Å². The SMILES string of the molecule is C=C/C(=C\OC)CO. The van der Waals surface area contributed by atoms with Crippen molar-refractivity contribution in [1.29, 1.82) is 0 Å². The molecule has 0 amide bonds. The number of ether oxygens (including phenoxy) is 1. The van der Waals surface area contributed by atoms with Crippen LogP contribution in [0.1, 0.15) is 0 Å². The minimum atomic E-state index is -0.0165. The van der Waals surface area contributed by atoms with Gasteiger partial charge >= 0.3 is 0 Å². The van der Waals surface area contributed by atoms with Gasteiger partial charge in [0, 0.05) is 5.57 Å². The van der Waals surface area contributed by atoms with E-state index in [1.807, 2.05) is 0 Å². The highest BCUT2D eigenvalue weighted by Crippen LogP contribution is 1.91. The van der Waals surface area contributed by atoms with Crippen molar-refractivity contribution in [3.8, 4) is 0 Å². The monoisotopic (exact) mass is 114 g/mol. The predicted molar refractivity (Wildman–Crippen MR) is 32.4 cm³/mol. The third-order valence-corrected chi connectivity index (χ3v) is 0.714. The van der Waals surface area contributed by atoms with Crippen LogP contribution in [0.5, 0.6) is 0 Å². The molecule has 0 unspecified atom stereocenters. The van der Waals surface area contributed by atoms with Gasteiger partial charge in [-0.05, 0) is 0 Å². The molecule has 0 saturated carbocycles. The van der Waals surface area contributed by atoms with Gasteiger partial charge in [-0.2, -0.15) is 0 Å². The first-order chi connectivity index (χ1) is 3.85. The number of methoxy groups -OCH3 is 1. The van der Waals surface area contributed by atoms with E-state index in [0.717, 1.165) is 0 Å². The van der Waals surface area contributed by atoms with Crippen LogP contribution >= 0.6 is 0 Å². The molecule has 0 fully saturated rings. The van der Waals surface area contributed by atoms with Gasteiger partial charge < -0.3 is 9.84 Å². The van der Waals surface area contributed by atoms with Crippen LogP contribution in [-0.2, 0) is 4.74 Å². The Kier molecular flexibility index (Phi) is 3.98. The normalized spacial score (nSPS) is 11.0. The lowest BCUT2D eigenvalue weighted by molar-refractivity contribution is 0.305. The lowest BCUT2D eigenvalue weighted by atomic mass is 10.3. The first-order valence-corrected chi connectivity index (χ1v) is 2.30. The van der Waals surface area contributed by atoms with E-state index in [2.05, 4.69) is 11.3 Å². The lowest BCUT2D eigenvalue weighted by Gasteiger charge is -1.92. The predicted octanol–water partition coefficient (Wildman–Crippen LogP) is 0.695. The Morgan fingerprint density at radius 1 is 1.88 bits per heavy atom. The Morgan fingerprint density at radius 2 is 2.50 bits per heavy atom. The minimum Gasteiger partial charge on any atom is -0.504 e. The van der Waals surface area contributed by atoms with Gasteiger partial charge in [-0.3, -0.25) is 0 Å². The van der Waals surface area contributed by atoms with E-state index in [9.17, 15) is 0 Å². The molecule has 0 aliphatic heterocycles. The fraction of sp³-hybridized carbons (Fsp3) is 0.333. The Morgan fingerprint density at radius 3 is 2.62 bits per heavy atom. The zero-order valence-electron chi connectivity index (χ0n) is 4.92. The summed E-state index contributed by atoms with van der Waals surface area (Å²) >= 11 is 0. The Bertz CT molecular complexity index is 94.7. The van der Waals surface area contributed by atoms with Crippen molar-refractivity contribution < 1.29 is 9.84 Å². The van der Waals surface area contributed by atoms with Crippen LogP contribution in [0.2, 0.25) is 0 Å². The molecule has 1 N–H and O–H groups in total. The first-order valence-electron chi connectivity index (χ1n) is 2.30. The molecule has 46 valence electrons.